The monoisotopic (exact) mass is 372 g/mol. The van der Waals surface area contributed by atoms with Gasteiger partial charge in [-0.15, -0.1) is 0 Å². The van der Waals surface area contributed by atoms with Crippen LogP contribution in [0.15, 0.2) is 24.3 Å². The lowest BCUT2D eigenvalue weighted by atomic mass is 9.81. The SMILES string of the molecule is CCCCCC(=O)O[C@H]1CCCC[C@@H]1c1ccccc1OC1CCCCC1. The first-order valence-corrected chi connectivity index (χ1v) is 11.2. The van der Waals surface area contributed by atoms with Crippen LogP contribution in [0.2, 0.25) is 0 Å². The number of esters is 1. The van der Waals surface area contributed by atoms with Gasteiger partial charge in [0.25, 0.3) is 0 Å². The van der Waals surface area contributed by atoms with Crippen molar-refractivity contribution in [3.05, 3.63) is 29.8 Å². The van der Waals surface area contributed by atoms with Crippen molar-refractivity contribution in [1.29, 1.82) is 0 Å². The molecule has 0 bridgehead atoms. The highest BCUT2D eigenvalue weighted by atomic mass is 16.5. The van der Waals surface area contributed by atoms with E-state index >= 15 is 0 Å². The number of rotatable bonds is 8. The van der Waals surface area contributed by atoms with Gasteiger partial charge in [0.05, 0.1) is 6.10 Å². The summed E-state index contributed by atoms with van der Waals surface area (Å²) in [5.41, 5.74) is 1.24. The van der Waals surface area contributed by atoms with Gasteiger partial charge >= 0.3 is 5.97 Å². The van der Waals surface area contributed by atoms with E-state index in [-0.39, 0.29) is 18.0 Å². The molecule has 0 N–H and O–H groups in total. The molecule has 2 aliphatic carbocycles. The van der Waals surface area contributed by atoms with Crippen molar-refractivity contribution < 1.29 is 14.3 Å². The minimum absolute atomic E-state index is 0.00369. The highest BCUT2D eigenvalue weighted by Crippen LogP contribution is 2.40. The number of hydrogen-bond acceptors (Lipinski definition) is 3. The fraction of sp³-hybridized carbons (Fsp3) is 0.708. The third-order valence-corrected chi connectivity index (χ3v) is 6.13. The van der Waals surface area contributed by atoms with E-state index in [4.69, 9.17) is 9.47 Å². The molecule has 0 aromatic heterocycles. The summed E-state index contributed by atoms with van der Waals surface area (Å²) < 4.78 is 12.4. The standard InChI is InChI=1S/C24H36O3/c1-2-3-5-18-24(25)27-23-17-11-9-15-21(23)20-14-8-10-16-22(20)26-19-12-6-4-7-13-19/h8,10,14,16,19,21,23H,2-7,9,11-13,15,17-18H2,1H3/t21-,23+/m1/s1. The molecule has 27 heavy (non-hydrogen) atoms. The van der Waals surface area contributed by atoms with Gasteiger partial charge in [0.1, 0.15) is 11.9 Å². The number of para-hydroxylation sites is 1. The topological polar surface area (TPSA) is 35.5 Å². The molecule has 3 nitrogen and oxygen atoms in total. The van der Waals surface area contributed by atoms with Crippen LogP contribution in [0.4, 0.5) is 0 Å². The molecule has 3 rings (SSSR count). The summed E-state index contributed by atoms with van der Waals surface area (Å²) in [6.45, 7) is 2.16. The maximum atomic E-state index is 12.3. The molecule has 0 aliphatic heterocycles. The highest BCUT2D eigenvalue weighted by molar-refractivity contribution is 5.69. The Bertz CT molecular complexity index is 577. The predicted octanol–water partition coefficient (Wildman–Crippen LogP) is 6.55. The zero-order valence-electron chi connectivity index (χ0n) is 17.0. The van der Waals surface area contributed by atoms with Gasteiger partial charge in [0.15, 0.2) is 0 Å². The number of unbranched alkanes of at least 4 members (excludes halogenated alkanes) is 2. The van der Waals surface area contributed by atoms with Crippen molar-refractivity contribution in [2.45, 2.75) is 109 Å². The second-order valence-corrected chi connectivity index (χ2v) is 8.29. The lowest BCUT2D eigenvalue weighted by molar-refractivity contribution is -0.151. The molecule has 3 heteroatoms. The van der Waals surface area contributed by atoms with Crippen molar-refractivity contribution in [3.63, 3.8) is 0 Å². The maximum absolute atomic E-state index is 12.3. The van der Waals surface area contributed by atoms with Gasteiger partial charge in [-0.3, -0.25) is 4.79 Å². The van der Waals surface area contributed by atoms with Gasteiger partial charge in [-0.1, -0.05) is 50.8 Å². The Morgan fingerprint density at radius 1 is 0.963 bits per heavy atom. The zero-order chi connectivity index (χ0) is 18.9. The van der Waals surface area contributed by atoms with E-state index in [9.17, 15) is 4.79 Å². The van der Waals surface area contributed by atoms with Crippen LogP contribution in [0.25, 0.3) is 0 Å². The molecule has 150 valence electrons. The first-order valence-electron chi connectivity index (χ1n) is 11.2. The molecule has 0 amide bonds. The van der Waals surface area contributed by atoms with Crippen LogP contribution < -0.4 is 4.74 Å². The van der Waals surface area contributed by atoms with Crippen LogP contribution >= 0.6 is 0 Å². The van der Waals surface area contributed by atoms with Gasteiger partial charge in [-0.25, -0.2) is 0 Å². The van der Waals surface area contributed by atoms with Gasteiger partial charge in [0.2, 0.25) is 0 Å². The lowest BCUT2D eigenvalue weighted by Gasteiger charge is -2.33. The third-order valence-electron chi connectivity index (χ3n) is 6.13. The molecule has 2 aliphatic rings. The van der Waals surface area contributed by atoms with E-state index < -0.39 is 0 Å². The number of hydrogen-bond donors (Lipinski definition) is 0. The first kappa shape index (κ1) is 20.2. The summed E-state index contributed by atoms with van der Waals surface area (Å²) in [6, 6.07) is 8.46. The Morgan fingerprint density at radius 3 is 2.52 bits per heavy atom. The molecule has 2 fully saturated rings. The Hall–Kier alpha value is -1.51. The van der Waals surface area contributed by atoms with E-state index in [1.54, 1.807) is 0 Å². The molecule has 0 spiro atoms. The zero-order valence-corrected chi connectivity index (χ0v) is 17.0. The van der Waals surface area contributed by atoms with Crippen molar-refractivity contribution in [2.75, 3.05) is 0 Å². The van der Waals surface area contributed by atoms with E-state index in [1.807, 2.05) is 0 Å². The second-order valence-electron chi connectivity index (χ2n) is 8.29. The predicted molar refractivity (Wildman–Crippen MR) is 109 cm³/mol. The Balaban J connectivity index is 1.67. The highest BCUT2D eigenvalue weighted by Gasteiger charge is 2.32. The van der Waals surface area contributed by atoms with Gasteiger partial charge in [0, 0.05) is 17.9 Å². The molecule has 0 heterocycles. The summed E-state index contributed by atoms with van der Waals surface area (Å²) in [6.07, 6.45) is 14.7. The number of carbonyl (C=O) groups is 1. The van der Waals surface area contributed by atoms with E-state index in [2.05, 4.69) is 31.2 Å². The quantitative estimate of drug-likeness (QED) is 0.383. The molecular weight excluding hydrogens is 336 g/mol. The maximum Gasteiger partial charge on any atom is 0.306 e. The molecule has 0 radical (unpaired) electrons. The van der Waals surface area contributed by atoms with Crippen molar-refractivity contribution >= 4 is 5.97 Å². The van der Waals surface area contributed by atoms with Crippen molar-refractivity contribution in [2.24, 2.45) is 0 Å². The summed E-state index contributed by atoms with van der Waals surface area (Å²) in [4.78, 5) is 12.3. The van der Waals surface area contributed by atoms with Gasteiger partial charge in [-0.2, -0.15) is 0 Å². The number of ether oxygens (including phenoxy) is 2. The van der Waals surface area contributed by atoms with Crippen LogP contribution in [-0.4, -0.2) is 18.2 Å². The smallest absolute Gasteiger partial charge is 0.306 e. The normalized spacial score (nSPS) is 23.7. The average Bonchev–Trinajstić information content (AvgIpc) is 2.70. The van der Waals surface area contributed by atoms with Crippen molar-refractivity contribution in [1.82, 2.24) is 0 Å². The Kier molecular flexibility index (Phi) is 8.04. The lowest BCUT2D eigenvalue weighted by Crippen LogP contribution is -2.29. The first-order chi connectivity index (χ1) is 13.3. The summed E-state index contributed by atoms with van der Waals surface area (Å²) in [5.74, 6) is 1.27. The van der Waals surface area contributed by atoms with Crippen LogP contribution in [0, 0.1) is 0 Å². The Labute approximate surface area is 164 Å². The van der Waals surface area contributed by atoms with Crippen LogP contribution in [0.1, 0.15) is 102 Å². The molecular formula is C24H36O3. The third kappa shape index (κ3) is 5.99. The van der Waals surface area contributed by atoms with Crippen LogP contribution in [-0.2, 0) is 9.53 Å². The van der Waals surface area contributed by atoms with Crippen LogP contribution in [0.3, 0.4) is 0 Å². The molecule has 2 atom stereocenters. The minimum atomic E-state index is -0.0222. The summed E-state index contributed by atoms with van der Waals surface area (Å²) in [7, 11) is 0. The molecule has 0 saturated heterocycles. The fourth-order valence-electron chi connectivity index (χ4n) is 4.60. The number of benzene rings is 1. The van der Waals surface area contributed by atoms with E-state index in [1.165, 1.54) is 31.2 Å². The summed E-state index contributed by atoms with van der Waals surface area (Å²) >= 11 is 0. The van der Waals surface area contributed by atoms with E-state index in [0.717, 1.165) is 57.1 Å². The molecule has 0 unspecified atom stereocenters. The van der Waals surface area contributed by atoms with Gasteiger partial charge in [-0.05, 0) is 57.4 Å². The fourth-order valence-corrected chi connectivity index (χ4v) is 4.60. The molecule has 1 aromatic carbocycles. The molecule has 2 saturated carbocycles. The van der Waals surface area contributed by atoms with Crippen LogP contribution in [0.5, 0.6) is 5.75 Å². The molecule has 1 aromatic rings. The largest absolute Gasteiger partial charge is 0.490 e. The second kappa shape index (κ2) is 10.7. The average molecular weight is 373 g/mol. The minimum Gasteiger partial charge on any atom is -0.490 e. The van der Waals surface area contributed by atoms with Gasteiger partial charge < -0.3 is 9.47 Å². The van der Waals surface area contributed by atoms with Crippen molar-refractivity contribution in [3.8, 4) is 5.75 Å². The Morgan fingerprint density at radius 2 is 1.70 bits per heavy atom. The number of carbonyl (C=O) groups excluding carboxylic acids is 1. The van der Waals surface area contributed by atoms with E-state index in [0.29, 0.717) is 12.5 Å². The summed E-state index contributed by atoms with van der Waals surface area (Å²) in [5, 5.41) is 0.